The second-order valence-corrected chi connectivity index (χ2v) is 7.40. The van der Waals surface area contributed by atoms with Gasteiger partial charge in [-0.1, -0.05) is 42.5 Å². The Morgan fingerprint density at radius 1 is 1.14 bits per heavy atom. The van der Waals surface area contributed by atoms with Crippen molar-refractivity contribution in [3.63, 3.8) is 0 Å². The van der Waals surface area contributed by atoms with Gasteiger partial charge in [-0.2, -0.15) is 0 Å². The van der Waals surface area contributed by atoms with E-state index in [1.54, 1.807) is 6.07 Å². The maximum Gasteiger partial charge on any atom is 0.182 e. The Labute approximate surface area is 138 Å². The zero-order valence-corrected chi connectivity index (χ0v) is 14.8. The summed E-state index contributed by atoms with van der Waals surface area (Å²) in [5.74, 6) is -0.0288. The number of hydrogen-bond acceptors (Lipinski definition) is 2. The fourth-order valence-corrected chi connectivity index (χ4v) is 3.78. The molecule has 22 heavy (non-hydrogen) atoms. The zero-order chi connectivity index (χ0) is 16.9. The van der Waals surface area contributed by atoms with Crippen molar-refractivity contribution in [2.24, 2.45) is 0 Å². The smallest absolute Gasteiger partial charge is 0.182 e. The molecule has 4 heteroatoms. The number of fused-ring (bicyclic) bond motifs is 1. The summed E-state index contributed by atoms with van der Waals surface area (Å²) in [4.78, 5) is 0.420. The van der Waals surface area contributed by atoms with E-state index in [1.165, 1.54) is 11.6 Å². The molecule has 0 fully saturated rings. The molecule has 0 saturated carbocycles. The molecule has 0 aliphatic heterocycles. The van der Waals surface area contributed by atoms with E-state index in [0.717, 1.165) is 27.5 Å². The summed E-state index contributed by atoms with van der Waals surface area (Å²) in [6, 6.07) is 7.79. The average molecular weight is 337 g/mol. The molecule has 0 atom stereocenters. The summed E-state index contributed by atoms with van der Waals surface area (Å²) in [6.45, 7) is 12.6. The summed E-state index contributed by atoms with van der Waals surface area (Å²) >= 11 is 4.76. The third-order valence-electron chi connectivity index (χ3n) is 3.43. The molecule has 0 amide bonds. The van der Waals surface area contributed by atoms with E-state index >= 15 is 0 Å². The van der Waals surface area contributed by atoms with E-state index in [9.17, 15) is 8.42 Å². The average Bonchev–Trinajstić information content (AvgIpc) is 2.43. The Bertz CT molecular complexity index is 805. The van der Waals surface area contributed by atoms with Crippen LogP contribution < -0.4 is 0 Å². The predicted molar refractivity (Wildman–Crippen MR) is 96.5 cm³/mol. The molecule has 0 aliphatic carbocycles. The molecule has 0 N–H and O–H groups in total. The van der Waals surface area contributed by atoms with Gasteiger partial charge in [0.1, 0.15) is 0 Å². The Kier molecular flexibility index (Phi) is 6.39. The van der Waals surface area contributed by atoms with Gasteiger partial charge in [0.2, 0.25) is 0 Å². The highest BCUT2D eigenvalue weighted by atomic mass is 35.5. The van der Waals surface area contributed by atoms with Crippen LogP contribution in [0.5, 0.6) is 0 Å². The lowest BCUT2D eigenvalue weighted by molar-refractivity contribution is 0.599. The normalized spacial score (nSPS) is 10.7. The highest BCUT2D eigenvalue weighted by Gasteiger charge is 2.18. The van der Waals surface area contributed by atoms with E-state index in [2.05, 4.69) is 13.2 Å². The van der Waals surface area contributed by atoms with Crippen LogP contribution in [0.2, 0.25) is 0 Å². The molecule has 0 bridgehead atoms. The first-order valence-corrected chi connectivity index (χ1v) is 8.92. The third-order valence-corrected chi connectivity index (χ3v) is 5.10. The van der Waals surface area contributed by atoms with Gasteiger partial charge in [0.25, 0.3) is 0 Å². The number of sulfone groups is 1. The Morgan fingerprint density at radius 2 is 1.73 bits per heavy atom. The molecule has 0 spiro atoms. The van der Waals surface area contributed by atoms with E-state index in [0.29, 0.717) is 4.90 Å². The summed E-state index contributed by atoms with van der Waals surface area (Å²) in [5, 5.41) is 1.82. The zero-order valence-electron chi connectivity index (χ0n) is 13.2. The molecule has 2 rings (SSSR count). The molecule has 2 nitrogen and oxygen atoms in total. The first-order chi connectivity index (χ1) is 10.3. The first-order valence-electron chi connectivity index (χ1n) is 6.83. The number of rotatable bonds is 3. The second-order valence-electron chi connectivity index (χ2n) is 5.09. The SMILES string of the molecule is C=CCS(=O)(=O)c1cc(C)cc2ccc(C)c(C)c12.C=CCl. The Morgan fingerprint density at radius 3 is 2.27 bits per heavy atom. The van der Waals surface area contributed by atoms with Gasteiger partial charge in [0, 0.05) is 5.39 Å². The topological polar surface area (TPSA) is 34.1 Å². The summed E-state index contributed by atoms with van der Waals surface area (Å²) < 4.78 is 24.8. The largest absolute Gasteiger partial charge is 0.223 e. The molecule has 0 heterocycles. The number of aryl methyl sites for hydroxylation is 3. The van der Waals surface area contributed by atoms with Crippen molar-refractivity contribution in [1.29, 1.82) is 0 Å². The van der Waals surface area contributed by atoms with Crippen molar-refractivity contribution in [2.75, 3.05) is 5.75 Å². The van der Waals surface area contributed by atoms with E-state index in [1.807, 2.05) is 39.0 Å². The van der Waals surface area contributed by atoms with Crippen molar-refractivity contribution in [1.82, 2.24) is 0 Å². The highest BCUT2D eigenvalue weighted by molar-refractivity contribution is 7.91. The molecule has 0 unspecified atom stereocenters. The van der Waals surface area contributed by atoms with Gasteiger partial charge in [-0.3, -0.25) is 0 Å². The molecule has 0 radical (unpaired) electrons. The molecule has 2 aromatic rings. The third kappa shape index (κ3) is 3.99. The van der Waals surface area contributed by atoms with Crippen molar-refractivity contribution in [3.05, 3.63) is 65.7 Å². The lowest BCUT2D eigenvalue weighted by atomic mass is 9.99. The summed E-state index contributed by atoms with van der Waals surface area (Å²) in [5.41, 5.74) is 4.31. The van der Waals surface area contributed by atoms with Gasteiger partial charge >= 0.3 is 0 Å². The van der Waals surface area contributed by atoms with Crippen molar-refractivity contribution < 1.29 is 8.42 Å². The van der Waals surface area contributed by atoms with Gasteiger partial charge in [-0.15, -0.1) is 6.58 Å². The van der Waals surface area contributed by atoms with Crippen LogP contribution in [0.25, 0.3) is 10.8 Å². The number of halogens is 1. The van der Waals surface area contributed by atoms with E-state index < -0.39 is 9.84 Å². The molecule has 0 aromatic heterocycles. The van der Waals surface area contributed by atoms with E-state index in [4.69, 9.17) is 11.6 Å². The molecule has 2 aromatic carbocycles. The van der Waals surface area contributed by atoms with E-state index in [-0.39, 0.29) is 5.75 Å². The Balaban J connectivity index is 0.000000745. The first kappa shape index (κ1) is 18.5. The summed E-state index contributed by atoms with van der Waals surface area (Å²) in [7, 11) is -3.32. The van der Waals surface area contributed by atoms with Crippen molar-refractivity contribution in [3.8, 4) is 0 Å². The minimum Gasteiger partial charge on any atom is -0.223 e. The fraction of sp³-hybridized carbons (Fsp3) is 0.222. The minimum absolute atomic E-state index is 0.0288. The summed E-state index contributed by atoms with van der Waals surface area (Å²) in [6.07, 6.45) is 1.44. The lowest BCUT2D eigenvalue weighted by Crippen LogP contribution is -2.06. The van der Waals surface area contributed by atoms with Crippen LogP contribution in [-0.2, 0) is 9.84 Å². The highest BCUT2D eigenvalue weighted by Crippen LogP contribution is 2.30. The van der Waals surface area contributed by atoms with Crippen LogP contribution in [0.15, 0.2) is 53.9 Å². The van der Waals surface area contributed by atoms with Gasteiger partial charge in [-0.05, 0) is 54.4 Å². The maximum atomic E-state index is 12.4. The van der Waals surface area contributed by atoms with Crippen LogP contribution in [0.3, 0.4) is 0 Å². The Hall–Kier alpha value is -1.58. The molecule has 0 saturated heterocycles. The molecular formula is C18H21ClO2S. The number of hydrogen-bond donors (Lipinski definition) is 0. The maximum absolute atomic E-state index is 12.4. The van der Waals surface area contributed by atoms with Crippen LogP contribution in [0.1, 0.15) is 16.7 Å². The minimum atomic E-state index is -3.32. The van der Waals surface area contributed by atoms with Crippen molar-refractivity contribution in [2.45, 2.75) is 25.7 Å². The molecule has 0 aliphatic rings. The van der Waals surface area contributed by atoms with Crippen LogP contribution in [0.4, 0.5) is 0 Å². The monoisotopic (exact) mass is 336 g/mol. The predicted octanol–water partition coefficient (Wildman–Crippen LogP) is 5.09. The fourth-order valence-electron chi connectivity index (χ4n) is 2.34. The molecular weight excluding hydrogens is 316 g/mol. The van der Waals surface area contributed by atoms with Crippen molar-refractivity contribution >= 4 is 32.2 Å². The van der Waals surface area contributed by atoms with Gasteiger partial charge in [-0.25, -0.2) is 8.42 Å². The standard InChI is InChI=1S/C16H18O2S.C2H3Cl/c1-5-8-19(17,18)15-10-11(2)9-14-7-6-12(3)13(4)16(14)15;1-2-3/h5-7,9-10H,1,8H2,2-4H3;2H,1H2. The van der Waals surface area contributed by atoms with Gasteiger partial charge in [0.05, 0.1) is 10.6 Å². The quantitative estimate of drug-likeness (QED) is 0.731. The molecule has 118 valence electrons. The van der Waals surface area contributed by atoms with Crippen LogP contribution in [0, 0.1) is 20.8 Å². The van der Waals surface area contributed by atoms with Crippen LogP contribution in [-0.4, -0.2) is 14.2 Å². The lowest BCUT2D eigenvalue weighted by Gasteiger charge is -2.12. The number of benzene rings is 2. The van der Waals surface area contributed by atoms with Crippen LogP contribution >= 0.6 is 11.6 Å². The van der Waals surface area contributed by atoms with Gasteiger partial charge in [0.15, 0.2) is 9.84 Å². The second kappa shape index (κ2) is 7.61. The van der Waals surface area contributed by atoms with Gasteiger partial charge < -0.3 is 0 Å².